The van der Waals surface area contributed by atoms with Crippen LogP contribution in [-0.2, 0) is 20.8 Å². The summed E-state index contributed by atoms with van der Waals surface area (Å²) in [6.45, 7) is 4.06. The van der Waals surface area contributed by atoms with Crippen LogP contribution in [0.5, 0.6) is 0 Å². The number of methoxy groups -OCH3 is 2. The number of ether oxygens (including phenoxy) is 3. The fraction of sp³-hybridized carbons (Fsp3) is 0.615. The van der Waals surface area contributed by atoms with Gasteiger partial charge in [0, 0.05) is 19.6 Å². The molecule has 2 N–H and O–H groups in total. The zero-order valence-electron chi connectivity index (χ0n) is 12.7. The van der Waals surface area contributed by atoms with E-state index >= 15 is 0 Å². The molecule has 0 spiro atoms. The van der Waals surface area contributed by atoms with Gasteiger partial charge in [0.1, 0.15) is 5.69 Å². The van der Waals surface area contributed by atoms with Crippen LogP contribution in [0.1, 0.15) is 21.0 Å². The number of anilines is 1. The van der Waals surface area contributed by atoms with E-state index in [1.165, 1.54) is 18.9 Å². The Hall–Kier alpha value is -2.13. The Morgan fingerprint density at radius 2 is 1.82 bits per heavy atom. The highest BCUT2D eigenvalue weighted by Crippen LogP contribution is 2.19. The Labute approximate surface area is 127 Å². The molecule has 1 aromatic rings. The number of rotatable bonds is 5. The zero-order valence-corrected chi connectivity index (χ0v) is 12.7. The summed E-state index contributed by atoms with van der Waals surface area (Å²) in [6.07, 6.45) is 0. The number of carbonyl (C=O) groups excluding carboxylic acids is 2. The van der Waals surface area contributed by atoms with Crippen LogP contribution in [-0.4, -0.2) is 73.7 Å². The van der Waals surface area contributed by atoms with E-state index in [1.54, 1.807) is 0 Å². The van der Waals surface area contributed by atoms with Crippen molar-refractivity contribution in [2.45, 2.75) is 6.54 Å². The normalized spacial score (nSPS) is 15.5. The van der Waals surface area contributed by atoms with Crippen LogP contribution in [0.15, 0.2) is 0 Å². The number of nitrogens with two attached hydrogens (primary N) is 1. The van der Waals surface area contributed by atoms with E-state index in [1.807, 2.05) is 0 Å². The third-order valence-electron chi connectivity index (χ3n) is 3.48. The first-order chi connectivity index (χ1) is 10.6. The first-order valence-corrected chi connectivity index (χ1v) is 6.91. The molecular formula is C13H20N4O5. The van der Waals surface area contributed by atoms with Crippen LogP contribution < -0.4 is 5.73 Å². The Bertz CT molecular complexity index is 551. The number of nitrogens with zero attached hydrogens (tertiary/aromatic N) is 3. The minimum Gasteiger partial charge on any atom is -0.464 e. The summed E-state index contributed by atoms with van der Waals surface area (Å²) in [6, 6.07) is 0. The summed E-state index contributed by atoms with van der Waals surface area (Å²) in [5, 5.41) is 4.09. The molecule has 1 aliphatic rings. The van der Waals surface area contributed by atoms with Crippen molar-refractivity contribution in [2.24, 2.45) is 0 Å². The van der Waals surface area contributed by atoms with Crippen molar-refractivity contribution in [2.75, 3.05) is 52.8 Å². The number of hydrogen-bond donors (Lipinski definition) is 1. The Kier molecular flexibility index (Phi) is 5.34. The van der Waals surface area contributed by atoms with E-state index < -0.39 is 11.9 Å². The van der Waals surface area contributed by atoms with Crippen molar-refractivity contribution in [3.63, 3.8) is 0 Å². The molecule has 1 fully saturated rings. The van der Waals surface area contributed by atoms with Crippen LogP contribution in [0.4, 0.5) is 5.69 Å². The van der Waals surface area contributed by atoms with Gasteiger partial charge in [0.25, 0.3) is 0 Å². The zero-order chi connectivity index (χ0) is 16.1. The van der Waals surface area contributed by atoms with Gasteiger partial charge in [-0.15, -0.1) is 0 Å². The average Bonchev–Trinajstić information content (AvgIpc) is 2.89. The van der Waals surface area contributed by atoms with Crippen LogP contribution in [0.25, 0.3) is 0 Å². The molecule has 2 heterocycles. The lowest BCUT2D eigenvalue weighted by Gasteiger charge is -2.26. The molecule has 0 bridgehead atoms. The third kappa shape index (κ3) is 3.37. The molecule has 0 unspecified atom stereocenters. The molecule has 0 aromatic carbocycles. The first kappa shape index (κ1) is 16.2. The maximum Gasteiger partial charge on any atom is 0.360 e. The maximum atomic E-state index is 11.9. The second kappa shape index (κ2) is 7.23. The summed E-state index contributed by atoms with van der Waals surface area (Å²) in [4.78, 5) is 25.7. The predicted octanol–water partition coefficient (Wildman–Crippen LogP) is -0.629. The Balaban J connectivity index is 2.20. The van der Waals surface area contributed by atoms with Crippen molar-refractivity contribution >= 4 is 17.6 Å². The van der Waals surface area contributed by atoms with Gasteiger partial charge in [0.2, 0.25) is 0 Å². The van der Waals surface area contributed by atoms with Crippen LogP contribution >= 0.6 is 0 Å². The topological polar surface area (TPSA) is 109 Å². The smallest absolute Gasteiger partial charge is 0.360 e. The van der Waals surface area contributed by atoms with Gasteiger partial charge in [0.15, 0.2) is 11.4 Å². The van der Waals surface area contributed by atoms with Gasteiger partial charge in [-0.05, 0) is 0 Å². The minimum atomic E-state index is -0.687. The lowest BCUT2D eigenvalue weighted by atomic mass is 10.3. The van der Waals surface area contributed by atoms with E-state index in [-0.39, 0.29) is 17.1 Å². The highest BCUT2D eigenvalue weighted by atomic mass is 16.5. The van der Waals surface area contributed by atoms with Gasteiger partial charge in [0.05, 0.1) is 34.0 Å². The van der Waals surface area contributed by atoms with Gasteiger partial charge in [-0.3, -0.25) is 9.58 Å². The highest BCUT2D eigenvalue weighted by molar-refractivity contribution is 6.01. The molecule has 0 amide bonds. The molecule has 9 nitrogen and oxygen atoms in total. The molecule has 1 aliphatic heterocycles. The van der Waals surface area contributed by atoms with Gasteiger partial charge >= 0.3 is 11.9 Å². The molecule has 0 radical (unpaired) electrons. The number of carbonyl (C=O) groups is 2. The highest BCUT2D eigenvalue weighted by Gasteiger charge is 2.26. The lowest BCUT2D eigenvalue weighted by Crippen LogP contribution is -2.38. The Morgan fingerprint density at radius 3 is 2.41 bits per heavy atom. The van der Waals surface area contributed by atoms with E-state index in [0.717, 1.165) is 13.1 Å². The van der Waals surface area contributed by atoms with Crippen molar-refractivity contribution in [3.05, 3.63) is 11.4 Å². The van der Waals surface area contributed by atoms with Gasteiger partial charge in [-0.2, -0.15) is 5.10 Å². The number of esters is 2. The molecular weight excluding hydrogens is 292 g/mol. The van der Waals surface area contributed by atoms with Crippen molar-refractivity contribution in [3.8, 4) is 0 Å². The molecule has 2 rings (SSSR count). The van der Waals surface area contributed by atoms with Crippen LogP contribution in [0.2, 0.25) is 0 Å². The second-order valence-electron chi connectivity index (χ2n) is 4.77. The predicted molar refractivity (Wildman–Crippen MR) is 76.6 cm³/mol. The third-order valence-corrected chi connectivity index (χ3v) is 3.48. The molecule has 1 saturated heterocycles. The summed E-state index contributed by atoms with van der Waals surface area (Å²) in [5.41, 5.74) is 5.81. The molecule has 0 atom stereocenters. The van der Waals surface area contributed by atoms with E-state index in [9.17, 15) is 9.59 Å². The van der Waals surface area contributed by atoms with Crippen LogP contribution in [0.3, 0.4) is 0 Å². The maximum absolute atomic E-state index is 11.9. The molecule has 0 saturated carbocycles. The average molecular weight is 312 g/mol. The molecule has 9 heteroatoms. The Morgan fingerprint density at radius 1 is 1.18 bits per heavy atom. The molecule has 0 aliphatic carbocycles. The lowest BCUT2D eigenvalue weighted by molar-refractivity contribution is 0.0354. The van der Waals surface area contributed by atoms with Crippen molar-refractivity contribution < 1.29 is 23.8 Å². The van der Waals surface area contributed by atoms with Gasteiger partial charge in [-0.1, -0.05) is 0 Å². The number of nitrogen functional groups attached to an aromatic ring is 1. The summed E-state index contributed by atoms with van der Waals surface area (Å²) >= 11 is 0. The molecule has 1 aromatic heterocycles. The number of morpholine rings is 1. The molecule has 22 heavy (non-hydrogen) atoms. The van der Waals surface area contributed by atoms with E-state index in [0.29, 0.717) is 26.3 Å². The SMILES string of the molecule is COC(=O)c1nn(CCN2CCOCC2)c(C(=O)OC)c1N. The van der Waals surface area contributed by atoms with Crippen molar-refractivity contribution in [1.82, 2.24) is 14.7 Å². The summed E-state index contributed by atoms with van der Waals surface area (Å²) in [7, 11) is 2.48. The standard InChI is InChI=1S/C13H20N4O5/c1-20-12(18)10-9(14)11(13(19)21-2)17(15-10)4-3-16-5-7-22-8-6-16/h3-8,14H2,1-2H3. The number of hydrogen-bond acceptors (Lipinski definition) is 8. The van der Waals surface area contributed by atoms with E-state index in [2.05, 4.69) is 14.7 Å². The summed E-state index contributed by atoms with van der Waals surface area (Å²) in [5.74, 6) is -1.32. The fourth-order valence-corrected chi connectivity index (χ4v) is 2.26. The fourth-order valence-electron chi connectivity index (χ4n) is 2.26. The monoisotopic (exact) mass is 312 g/mol. The van der Waals surface area contributed by atoms with Crippen LogP contribution in [0, 0.1) is 0 Å². The number of aromatic nitrogens is 2. The first-order valence-electron chi connectivity index (χ1n) is 6.91. The van der Waals surface area contributed by atoms with E-state index in [4.69, 9.17) is 15.2 Å². The van der Waals surface area contributed by atoms with Gasteiger partial charge < -0.3 is 19.9 Å². The van der Waals surface area contributed by atoms with Crippen molar-refractivity contribution in [1.29, 1.82) is 0 Å². The minimum absolute atomic E-state index is 0.0272. The quantitative estimate of drug-likeness (QED) is 0.716. The molecule has 122 valence electrons. The van der Waals surface area contributed by atoms with Gasteiger partial charge in [-0.25, -0.2) is 9.59 Å². The summed E-state index contributed by atoms with van der Waals surface area (Å²) < 4.78 is 16.0. The second-order valence-corrected chi connectivity index (χ2v) is 4.77. The largest absolute Gasteiger partial charge is 0.464 e.